The molecular weight excluding hydrogens is 346 g/mol. The number of rotatable bonds is 5. The highest BCUT2D eigenvalue weighted by molar-refractivity contribution is 5.68. The first kappa shape index (κ1) is 17.4. The number of β-amino-alcohol motifs (C(OH)–C–C–N with tert-alkyl or cyclic N) is 1. The SMILES string of the molecule is Cc1c(C(F)F)nc(N2C[C@@H](O)[C@@H]2C)nc1N1CC2C(CC(=O)O)C2C1. The van der Waals surface area contributed by atoms with Gasteiger partial charge in [0.2, 0.25) is 5.95 Å². The van der Waals surface area contributed by atoms with Crippen LogP contribution in [0, 0.1) is 24.7 Å². The van der Waals surface area contributed by atoms with Crippen molar-refractivity contribution in [2.75, 3.05) is 29.4 Å². The molecule has 0 radical (unpaired) electrons. The lowest BCUT2D eigenvalue weighted by molar-refractivity contribution is -0.137. The van der Waals surface area contributed by atoms with Crippen molar-refractivity contribution in [3.63, 3.8) is 0 Å². The number of piperidine rings is 1. The Morgan fingerprint density at radius 3 is 2.42 bits per heavy atom. The molecular formula is C17H22F2N4O3. The van der Waals surface area contributed by atoms with Gasteiger partial charge in [-0.05, 0) is 31.6 Å². The van der Waals surface area contributed by atoms with Crippen LogP contribution in [0.25, 0.3) is 0 Å². The molecule has 1 aliphatic carbocycles. The van der Waals surface area contributed by atoms with Gasteiger partial charge in [-0.25, -0.2) is 13.8 Å². The molecule has 1 aromatic rings. The first-order chi connectivity index (χ1) is 12.3. The van der Waals surface area contributed by atoms with E-state index in [2.05, 4.69) is 9.97 Å². The van der Waals surface area contributed by atoms with Gasteiger partial charge in [0.15, 0.2) is 0 Å². The van der Waals surface area contributed by atoms with Crippen LogP contribution in [0.5, 0.6) is 0 Å². The Morgan fingerprint density at radius 2 is 1.92 bits per heavy atom. The second-order valence-electron chi connectivity index (χ2n) is 7.61. The number of hydrogen-bond donors (Lipinski definition) is 2. The van der Waals surface area contributed by atoms with Crippen molar-refractivity contribution in [2.45, 2.75) is 38.8 Å². The van der Waals surface area contributed by atoms with E-state index in [0.717, 1.165) is 0 Å². The zero-order chi connectivity index (χ0) is 18.7. The summed E-state index contributed by atoms with van der Waals surface area (Å²) in [5.41, 5.74) is 0.0924. The Balaban J connectivity index is 1.58. The van der Waals surface area contributed by atoms with Crippen LogP contribution in [0.3, 0.4) is 0 Å². The topological polar surface area (TPSA) is 89.8 Å². The monoisotopic (exact) mass is 368 g/mol. The summed E-state index contributed by atoms with van der Waals surface area (Å²) in [7, 11) is 0. The minimum Gasteiger partial charge on any atom is -0.481 e. The molecule has 4 rings (SSSR count). The van der Waals surface area contributed by atoms with Crippen molar-refractivity contribution in [2.24, 2.45) is 17.8 Å². The van der Waals surface area contributed by atoms with Crippen molar-refractivity contribution in [1.29, 1.82) is 0 Å². The number of halogens is 2. The minimum absolute atomic E-state index is 0.169. The van der Waals surface area contributed by atoms with E-state index in [1.54, 1.807) is 18.7 Å². The molecule has 0 amide bonds. The smallest absolute Gasteiger partial charge is 0.303 e. The summed E-state index contributed by atoms with van der Waals surface area (Å²) in [6, 6.07) is -0.206. The highest BCUT2D eigenvalue weighted by atomic mass is 19.3. The van der Waals surface area contributed by atoms with E-state index in [9.17, 15) is 18.7 Å². The number of carboxylic acids is 1. The molecule has 2 unspecified atom stereocenters. The van der Waals surface area contributed by atoms with Gasteiger partial charge in [0.25, 0.3) is 6.43 Å². The molecule has 3 heterocycles. The first-order valence-electron chi connectivity index (χ1n) is 8.86. The molecule has 0 spiro atoms. The van der Waals surface area contributed by atoms with Crippen LogP contribution in [-0.4, -0.2) is 57.9 Å². The molecule has 3 aliphatic rings. The Kier molecular flexibility index (Phi) is 4.02. The largest absolute Gasteiger partial charge is 0.481 e. The van der Waals surface area contributed by atoms with Crippen molar-refractivity contribution >= 4 is 17.7 Å². The second-order valence-corrected chi connectivity index (χ2v) is 7.61. The lowest BCUT2D eigenvalue weighted by Gasteiger charge is -2.43. The molecule has 1 saturated carbocycles. The third kappa shape index (κ3) is 2.69. The molecule has 7 nitrogen and oxygen atoms in total. The summed E-state index contributed by atoms with van der Waals surface area (Å²) in [5.74, 6) is 0.709. The molecule has 2 N–H and O–H groups in total. The van der Waals surface area contributed by atoms with Gasteiger partial charge in [-0.2, -0.15) is 4.98 Å². The number of aliphatic hydroxyl groups excluding tert-OH is 1. The van der Waals surface area contributed by atoms with Crippen molar-refractivity contribution < 1.29 is 23.8 Å². The fraction of sp³-hybridized carbons (Fsp3) is 0.706. The van der Waals surface area contributed by atoms with Crippen LogP contribution in [0.15, 0.2) is 0 Å². The highest BCUT2D eigenvalue weighted by Gasteiger charge is 2.56. The number of fused-ring (bicyclic) bond motifs is 1. The molecule has 26 heavy (non-hydrogen) atoms. The third-order valence-corrected chi connectivity index (χ3v) is 6.12. The lowest BCUT2D eigenvalue weighted by Crippen LogP contribution is -2.59. The molecule has 142 valence electrons. The number of hydrogen-bond acceptors (Lipinski definition) is 6. The van der Waals surface area contributed by atoms with Gasteiger partial charge >= 0.3 is 5.97 Å². The van der Waals surface area contributed by atoms with E-state index >= 15 is 0 Å². The Hall–Kier alpha value is -2.03. The van der Waals surface area contributed by atoms with Crippen molar-refractivity contribution in [1.82, 2.24) is 9.97 Å². The zero-order valence-corrected chi connectivity index (χ0v) is 14.6. The molecule has 4 atom stereocenters. The quantitative estimate of drug-likeness (QED) is 0.813. The van der Waals surface area contributed by atoms with E-state index in [-0.39, 0.29) is 30.0 Å². The standard InChI is InChI=1S/C17H22F2N4O3/c1-7-14(15(18)19)20-17(23-6-12(24)8(23)2)21-16(7)22-4-10-9(3-13(25)26)11(10)5-22/h8-12,15,24H,3-6H2,1-2H3,(H,25,26)/t8-,9?,10?,11?,12+/m0/s1. The maximum atomic E-state index is 13.5. The van der Waals surface area contributed by atoms with Crippen LogP contribution in [0.4, 0.5) is 20.5 Å². The number of carboxylic acid groups (broad SMARTS) is 1. The van der Waals surface area contributed by atoms with Gasteiger partial charge in [-0.15, -0.1) is 0 Å². The maximum absolute atomic E-state index is 13.5. The zero-order valence-electron chi connectivity index (χ0n) is 14.6. The molecule has 9 heteroatoms. The third-order valence-electron chi connectivity index (χ3n) is 6.12. The van der Waals surface area contributed by atoms with Crippen LogP contribution in [0.1, 0.15) is 31.0 Å². The Labute approximate surface area is 149 Å². The van der Waals surface area contributed by atoms with E-state index in [4.69, 9.17) is 5.11 Å². The average molecular weight is 368 g/mol. The fourth-order valence-electron chi connectivity index (χ4n) is 4.34. The normalized spacial score (nSPS) is 32.6. The van der Waals surface area contributed by atoms with Crippen molar-refractivity contribution in [3.05, 3.63) is 11.3 Å². The summed E-state index contributed by atoms with van der Waals surface area (Å²) >= 11 is 0. The van der Waals surface area contributed by atoms with Crippen LogP contribution in [-0.2, 0) is 4.79 Å². The number of anilines is 2. The van der Waals surface area contributed by atoms with Crippen molar-refractivity contribution in [3.8, 4) is 0 Å². The number of aliphatic hydroxyl groups is 1. The summed E-state index contributed by atoms with van der Waals surface area (Å²) in [6.07, 6.45) is -3.04. The van der Waals surface area contributed by atoms with E-state index < -0.39 is 18.5 Å². The number of aromatic nitrogens is 2. The van der Waals surface area contributed by atoms with E-state index in [1.165, 1.54) is 0 Å². The average Bonchev–Trinajstić information content (AvgIpc) is 3.02. The first-order valence-corrected chi connectivity index (χ1v) is 8.86. The number of nitrogens with zero attached hydrogens (tertiary/aromatic N) is 4. The molecule has 0 bridgehead atoms. The van der Waals surface area contributed by atoms with Gasteiger partial charge in [0.05, 0.1) is 12.1 Å². The molecule has 1 aromatic heterocycles. The molecule has 0 aromatic carbocycles. The summed E-state index contributed by atoms with van der Waals surface area (Å²) in [4.78, 5) is 23.1. The molecule has 2 aliphatic heterocycles. The molecule has 3 fully saturated rings. The minimum atomic E-state index is -2.70. The number of alkyl halides is 2. The van der Waals surface area contributed by atoms with Crippen LogP contribution < -0.4 is 9.80 Å². The van der Waals surface area contributed by atoms with Crippen LogP contribution >= 0.6 is 0 Å². The van der Waals surface area contributed by atoms with Gasteiger partial charge < -0.3 is 20.0 Å². The summed E-state index contributed by atoms with van der Waals surface area (Å²) in [6.45, 7) is 5.02. The van der Waals surface area contributed by atoms with Gasteiger partial charge in [0, 0.05) is 31.6 Å². The maximum Gasteiger partial charge on any atom is 0.303 e. The van der Waals surface area contributed by atoms with E-state index in [1.807, 2.05) is 4.90 Å². The lowest BCUT2D eigenvalue weighted by atomic mass is 10.0. The molecule has 2 saturated heterocycles. The predicted molar refractivity (Wildman–Crippen MR) is 89.5 cm³/mol. The summed E-state index contributed by atoms with van der Waals surface area (Å²) in [5, 5.41) is 18.6. The number of aliphatic carboxylic acids is 1. The van der Waals surface area contributed by atoms with Gasteiger partial charge in [0.1, 0.15) is 11.5 Å². The van der Waals surface area contributed by atoms with Crippen LogP contribution in [0.2, 0.25) is 0 Å². The van der Waals surface area contributed by atoms with E-state index in [0.29, 0.717) is 42.9 Å². The predicted octanol–water partition coefficient (Wildman–Crippen LogP) is 1.45. The number of carbonyl (C=O) groups is 1. The Bertz CT molecular complexity index is 735. The van der Waals surface area contributed by atoms with Gasteiger partial charge in [-0.1, -0.05) is 0 Å². The fourth-order valence-corrected chi connectivity index (χ4v) is 4.34. The summed E-state index contributed by atoms with van der Waals surface area (Å²) < 4.78 is 27.0. The second kappa shape index (κ2) is 6.00. The highest BCUT2D eigenvalue weighted by Crippen LogP contribution is 2.54. The van der Waals surface area contributed by atoms with Gasteiger partial charge in [-0.3, -0.25) is 4.79 Å². The Morgan fingerprint density at radius 1 is 1.27 bits per heavy atom.